The van der Waals surface area contributed by atoms with Gasteiger partial charge in [0.15, 0.2) is 0 Å². The van der Waals surface area contributed by atoms with E-state index < -0.39 is 0 Å². The molecule has 0 saturated heterocycles. The molecule has 1 aromatic carbocycles. The summed E-state index contributed by atoms with van der Waals surface area (Å²) in [6, 6.07) is 10.2. The van der Waals surface area contributed by atoms with Gasteiger partial charge in [0.2, 0.25) is 0 Å². The van der Waals surface area contributed by atoms with E-state index in [2.05, 4.69) is 17.1 Å². The Kier molecular flexibility index (Phi) is 3.23. The Balaban J connectivity index is 2.02. The van der Waals surface area contributed by atoms with Crippen molar-refractivity contribution in [1.82, 2.24) is 4.98 Å². The molecule has 3 heteroatoms. The molecular formula is C15H17ClN2. The molecule has 0 radical (unpaired) electrons. The standard InChI is InChI=1S/C15H17ClN2/c16-15-12(14(17)10-5-1-2-6-10)9-11-7-3-4-8-13(11)18-15/h3-4,7-10,14H,1-2,5-6,17H2/t14-/m0/s1. The van der Waals surface area contributed by atoms with E-state index in [4.69, 9.17) is 17.3 Å². The summed E-state index contributed by atoms with van der Waals surface area (Å²) in [4.78, 5) is 4.45. The van der Waals surface area contributed by atoms with Gasteiger partial charge in [0.25, 0.3) is 0 Å². The fourth-order valence-corrected chi connectivity index (χ4v) is 3.18. The van der Waals surface area contributed by atoms with Crippen LogP contribution in [-0.4, -0.2) is 4.98 Å². The lowest BCUT2D eigenvalue weighted by Gasteiger charge is -2.20. The molecular weight excluding hydrogens is 244 g/mol. The molecule has 0 unspecified atom stereocenters. The molecule has 0 bridgehead atoms. The van der Waals surface area contributed by atoms with Gasteiger partial charge in [-0.3, -0.25) is 0 Å². The predicted molar refractivity (Wildman–Crippen MR) is 75.6 cm³/mol. The zero-order valence-corrected chi connectivity index (χ0v) is 11.0. The van der Waals surface area contributed by atoms with Crippen LogP contribution >= 0.6 is 11.6 Å². The van der Waals surface area contributed by atoms with E-state index in [1.54, 1.807) is 0 Å². The van der Waals surface area contributed by atoms with Gasteiger partial charge in [0, 0.05) is 17.0 Å². The molecule has 94 valence electrons. The lowest BCUT2D eigenvalue weighted by Crippen LogP contribution is -2.19. The van der Waals surface area contributed by atoms with Crippen molar-refractivity contribution in [1.29, 1.82) is 0 Å². The summed E-state index contributed by atoms with van der Waals surface area (Å²) in [7, 11) is 0. The SMILES string of the molecule is N[C@H](c1cc2ccccc2nc1Cl)C1CCCC1. The average Bonchev–Trinajstić information content (AvgIpc) is 2.91. The van der Waals surface area contributed by atoms with Gasteiger partial charge in [0.05, 0.1) is 5.52 Å². The van der Waals surface area contributed by atoms with Crippen LogP contribution in [0.15, 0.2) is 30.3 Å². The van der Waals surface area contributed by atoms with Gasteiger partial charge in [-0.05, 0) is 30.9 Å². The van der Waals surface area contributed by atoms with E-state index in [1.165, 1.54) is 25.7 Å². The van der Waals surface area contributed by atoms with Crippen molar-refractivity contribution in [3.05, 3.63) is 41.0 Å². The number of nitrogens with two attached hydrogens (primary N) is 1. The van der Waals surface area contributed by atoms with Crippen LogP contribution in [0.1, 0.15) is 37.3 Å². The molecule has 1 aromatic heterocycles. The van der Waals surface area contributed by atoms with Crippen molar-refractivity contribution >= 4 is 22.5 Å². The minimum absolute atomic E-state index is 0.0251. The molecule has 1 heterocycles. The molecule has 1 fully saturated rings. The zero-order valence-electron chi connectivity index (χ0n) is 10.3. The van der Waals surface area contributed by atoms with Crippen LogP contribution in [0.25, 0.3) is 10.9 Å². The molecule has 1 aliphatic rings. The minimum atomic E-state index is 0.0251. The summed E-state index contributed by atoms with van der Waals surface area (Å²) in [6.45, 7) is 0. The third-order valence-electron chi connectivity index (χ3n) is 3.97. The van der Waals surface area contributed by atoms with Gasteiger partial charge in [-0.25, -0.2) is 4.98 Å². The molecule has 1 saturated carbocycles. The molecule has 0 spiro atoms. The van der Waals surface area contributed by atoms with Gasteiger partial charge < -0.3 is 5.73 Å². The average molecular weight is 261 g/mol. The summed E-state index contributed by atoms with van der Waals surface area (Å²) in [5.74, 6) is 0.561. The van der Waals surface area contributed by atoms with Gasteiger partial charge in [-0.2, -0.15) is 0 Å². The Morgan fingerprint density at radius 2 is 1.94 bits per heavy atom. The number of fused-ring (bicyclic) bond motifs is 1. The smallest absolute Gasteiger partial charge is 0.134 e. The van der Waals surface area contributed by atoms with E-state index in [0.717, 1.165) is 16.5 Å². The monoisotopic (exact) mass is 260 g/mol. The highest BCUT2D eigenvalue weighted by Crippen LogP contribution is 2.37. The minimum Gasteiger partial charge on any atom is -0.324 e. The first-order valence-corrected chi connectivity index (χ1v) is 6.94. The number of pyridine rings is 1. The van der Waals surface area contributed by atoms with Gasteiger partial charge >= 0.3 is 0 Å². The maximum absolute atomic E-state index is 6.37. The molecule has 3 rings (SSSR count). The first kappa shape index (κ1) is 11.9. The summed E-state index contributed by atoms with van der Waals surface area (Å²) >= 11 is 6.29. The second kappa shape index (κ2) is 4.87. The largest absolute Gasteiger partial charge is 0.324 e. The molecule has 18 heavy (non-hydrogen) atoms. The molecule has 1 atom stereocenters. The van der Waals surface area contributed by atoms with Gasteiger partial charge in [-0.15, -0.1) is 0 Å². The van der Waals surface area contributed by atoms with E-state index >= 15 is 0 Å². The molecule has 0 amide bonds. The Morgan fingerprint density at radius 1 is 1.22 bits per heavy atom. The zero-order chi connectivity index (χ0) is 12.5. The topological polar surface area (TPSA) is 38.9 Å². The van der Waals surface area contributed by atoms with Gasteiger partial charge in [-0.1, -0.05) is 42.6 Å². The van der Waals surface area contributed by atoms with Gasteiger partial charge in [0.1, 0.15) is 5.15 Å². The summed E-state index contributed by atoms with van der Waals surface area (Å²) in [5, 5.41) is 1.68. The highest BCUT2D eigenvalue weighted by atomic mass is 35.5. The molecule has 2 aromatic rings. The molecule has 0 aliphatic heterocycles. The quantitative estimate of drug-likeness (QED) is 0.827. The van der Waals surface area contributed by atoms with Crippen LogP contribution in [0.3, 0.4) is 0 Å². The highest BCUT2D eigenvalue weighted by Gasteiger charge is 2.25. The number of rotatable bonds is 2. The summed E-state index contributed by atoms with van der Waals surface area (Å²) in [5.41, 5.74) is 8.30. The van der Waals surface area contributed by atoms with Crippen molar-refractivity contribution in [3.63, 3.8) is 0 Å². The van der Waals surface area contributed by atoms with Crippen molar-refractivity contribution in [3.8, 4) is 0 Å². The van der Waals surface area contributed by atoms with Crippen LogP contribution in [0.2, 0.25) is 5.15 Å². The maximum atomic E-state index is 6.37. The number of benzene rings is 1. The lowest BCUT2D eigenvalue weighted by molar-refractivity contribution is 0.444. The Morgan fingerprint density at radius 3 is 2.72 bits per heavy atom. The number of aromatic nitrogens is 1. The number of para-hydroxylation sites is 1. The molecule has 2 nitrogen and oxygen atoms in total. The summed E-state index contributed by atoms with van der Waals surface area (Å²) in [6.07, 6.45) is 5.00. The van der Waals surface area contributed by atoms with Crippen molar-refractivity contribution < 1.29 is 0 Å². The Labute approximate surface area is 112 Å². The Hall–Kier alpha value is -1.12. The first-order chi connectivity index (χ1) is 8.75. The van der Waals surface area contributed by atoms with Crippen molar-refractivity contribution in [2.45, 2.75) is 31.7 Å². The maximum Gasteiger partial charge on any atom is 0.134 e. The van der Waals surface area contributed by atoms with Crippen LogP contribution in [0, 0.1) is 5.92 Å². The third-order valence-corrected chi connectivity index (χ3v) is 4.27. The normalized spacial score (nSPS) is 18.3. The fraction of sp³-hybridized carbons (Fsp3) is 0.400. The highest BCUT2D eigenvalue weighted by molar-refractivity contribution is 6.30. The second-order valence-corrected chi connectivity index (χ2v) is 5.49. The van der Waals surface area contributed by atoms with Crippen LogP contribution < -0.4 is 5.73 Å². The number of hydrogen-bond donors (Lipinski definition) is 1. The first-order valence-electron chi connectivity index (χ1n) is 6.56. The number of halogens is 1. The van der Waals surface area contributed by atoms with E-state index in [-0.39, 0.29) is 6.04 Å². The van der Waals surface area contributed by atoms with E-state index in [0.29, 0.717) is 11.1 Å². The summed E-state index contributed by atoms with van der Waals surface area (Å²) < 4.78 is 0. The Bertz CT molecular complexity index is 561. The predicted octanol–water partition coefficient (Wildman–Crippen LogP) is 4.08. The van der Waals surface area contributed by atoms with E-state index in [1.807, 2.05) is 18.2 Å². The lowest BCUT2D eigenvalue weighted by atomic mass is 9.93. The van der Waals surface area contributed by atoms with Crippen LogP contribution in [-0.2, 0) is 0 Å². The number of hydrogen-bond acceptors (Lipinski definition) is 2. The van der Waals surface area contributed by atoms with Crippen LogP contribution in [0.4, 0.5) is 0 Å². The van der Waals surface area contributed by atoms with Crippen molar-refractivity contribution in [2.24, 2.45) is 11.7 Å². The number of nitrogens with zero attached hydrogens (tertiary/aromatic N) is 1. The second-order valence-electron chi connectivity index (χ2n) is 5.13. The van der Waals surface area contributed by atoms with Crippen molar-refractivity contribution in [2.75, 3.05) is 0 Å². The molecule has 2 N–H and O–H groups in total. The van der Waals surface area contributed by atoms with E-state index in [9.17, 15) is 0 Å². The van der Waals surface area contributed by atoms with Crippen LogP contribution in [0.5, 0.6) is 0 Å². The molecule has 1 aliphatic carbocycles. The fourth-order valence-electron chi connectivity index (χ4n) is 2.91. The third kappa shape index (κ3) is 2.11.